The fraction of sp³-hybridized carbons (Fsp3) is 0.0909. The van der Waals surface area contributed by atoms with Gasteiger partial charge in [-0.1, -0.05) is 97.1 Å². The van der Waals surface area contributed by atoms with Gasteiger partial charge in [0.25, 0.3) is 0 Å². The highest BCUT2D eigenvalue weighted by Crippen LogP contribution is 2.46. The third-order valence-corrected chi connectivity index (χ3v) is 7.43. The Balaban J connectivity index is 1.09. The molecule has 1 N–H and O–H groups in total. The topological polar surface area (TPSA) is 36.8 Å². The Morgan fingerprint density at radius 1 is 0.500 bits per heavy atom. The minimum Gasteiger partial charge on any atom is -0.384 e. The maximum absolute atomic E-state index is 4.77. The van der Waals surface area contributed by atoms with Crippen molar-refractivity contribution in [1.82, 2.24) is 0 Å². The zero-order valence-electron chi connectivity index (χ0n) is 19.8. The van der Waals surface area contributed by atoms with E-state index in [0.29, 0.717) is 5.92 Å². The second kappa shape index (κ2) is 8.62. The Morgan fingerprint density at radius 2 is 0.944 bits per heavy atom. The van der Waals surface area contributed by atoms with Gasteiger partial charge in [0.1, 0.15) is 6.04 Å². The molecule has 0 heterocycles. The number of hydrogen-bond donors (Lipinski definition) is 1. The van der Waals surface area contributed by atoms with Crippen LogP contribution in [0, 0.1) is 0 Å². The zero-order valence-corrected chi connectivity index (χ0v) is 19.8. The lowest BCUT2D eigenvalue weighted by Crippen LogP contribution is -2.11. The average molecular weight is 464 g/mol. The van der Waals surface area contributed by atoms with Crippen LogP contribution in [0.15, 0.2) is 132 Å². The van der Waals surface area contributed by atoms with Crippen LogP contribution in [-0.4, -0.2) is 6.54 Å². The number of benzene rings is 5. The van der Waals surface area contributed by atoms with E-state index in [9.17, 15) is 0 Å². The van der Waals surface area contributed by atoms with E-state index in [1.165, 1.54) is 44.5 Å². The van der Waals surface area contributed by atoms with Crippen LogP contribution in [0.3, 0.4) is 0 Å². The number of azo groups is 1. The summed E-state index contributed by atoms with van der Waals surface area (Å²) in [5.41, 5.74) is 12.4. The summed E-state index contributed by atoms with van der Waals surface area (Å²) in [6.07, 6.45) is 0. The van der Waals surface area contributed by atoms with Gasteiger partial charge in [0.05, 0.1) is 5.69 Å². The first-order valence-corrected chi connectivity index (χ1v) is 12.5. The van der Waals surface area contributed by atoms with E-state index in [4.69, 9.17) is 5.11 Å². The molecule has 0 bridgehead atoms. The Hall–Kier alpha value is -4.50. The molecule has 0 saturated heterocycles. The molecule has 0 fully saturated rings. The van der Waals surface area contributed by atoms with Gasteiger partial charge in [0.15, 0.2) is 0 Å². The van der Waals surface area contributed by atoms with Crippen LogP contribution >= 0.6 is 0 Å². The summed E-state index contributed by atoms with van der Waals surface area (Å²) in [7, 11) is 0. The van der Waals surface area contributed by atoms with Crippen molar-refractivity contribution < 1.29 is 0 Å². The molecule has 2 aliphatic rings. The van der Waals surface area contributed by atoms with E-state index >= 15 is 0 Å². The Morgan fingerprint density at radius 3 is 1.47 bits per heavy atom. The van der Waals surface area contributed by atoms with Crippen molar-refractivity contribution in [2.75, 3.05) is 11.9 Å². The first-order chi connectivity index (χ1) is 17.9. The van der Waals surface area contributed by atoms with Crippen molar-refractivity contribution in [3.8, 4) is 22.3 Å². The number of hydrogen-bond acceptors (Lipinski definition) is 3. The molecule has 0 spiro atoms. The predicted molar refractivity (Wildman–Crippen MR) is 147 cm³/mol. The van der Waals surface area contributed by atoms with Crippen molar-refractivity contribution in [2.45, 2.75) is 12.0 Å². The van der Waals surface area contributed by atoms with Gasteiger partial charge in [-0.3, -0.25) is 0 Å². The highest BCUT2D eigenvalue weighted by atomic mass is 15.1. The molecule has 0 saturated carbocycles. The lowest BCUT2D eigenvalue weighted by Gasteiger charge is -2.15. The third-order valence-electron chi connectivity index (χ3n) is 7.43. The number of nitrogens with one attached hydrogen (secondary N) is 1. The lowest BCUT2D eigenvalue weighted by molar-refractivity contribution is 0.831. The largest absolute Gasteiger partial charge is 0.384 e. The van der Waals surface area contributed by atoms with Gasteiger partial charge < -0.3 is 5.32 Å². The molecule has 2 aliphatic carbocycles. The Kier molecular flexibility index (Phi) is 4.99. The fourth-order valence-corrected chi connectivity index (χ4v) is 5.72. The van der Waals surface area contributed by atoms with Gasteiger partial charge in [-0.2, -0.15) is 10.2 Å². The summed E-state index contributed by atoms with van der Waals surface area (Å²) in [6, 6.07) is 42.7. The molecule has 172 valence electrons. The molecular weight excluding hydrogens is 438 g/mol. The molecule has 7 rings (SSSR count). The monoisotopic (exact) mass is 463 g/mol. The first-order valence-electron chi connectivity index (χ1n) is 12.5. The molecule has 3 nitrogen and oxygen atoms in total. The van der Waals surface area contributed by atoms with Crippen LogP contribution in [0.2, 0.25) is 0 Å². The summed E-state index contributed by atoms with van der Waals surface area (Å²) in [5.74, 6) is 0.347. The second-order valence-corrected chi connectivity index (χ2v) is 9.45. The average Bonchev–Trinajstić information content (AvgIpc) is 3.44. The Labute approximate surface area is 211 Å². The van der Waals surface area contributed by atoms with E-state index in [-0.39, 0.29) is 6.04 Å². The van der Waals surface area contributed by atoms with Crippen molar-refractivity contribution in [3.63, 3.8) is 0 Å². The summed E-state index contributed by atoms with van der Waals surface area (Å²) in [5, 5.41) is 13.0. The van der Waals surface area contributed by atoms with E-state index in [2.05, 4.69) is 120 Å². The van der Waals surface area contributed by atoms with E-state index in [1.54, 1.807) is 0 Å². The van der Waals surface area contributed by atoms with E-state index in [0.717, 1.165) is 17.9 Å². The number of fused-ring (bicyclic) bond motifs is 6. The Bertz CT molecular complexity index is 1510. The molecule has 0 radical (unpaired) electrons. The molecule has 36 heavy (non-hydrogen) atoms. The second-order valence-electron chi connectivity index (χ2n) is 9.45. The summed E-state index contributed by atoms with van der Waals surface area (Å²) in [6.45, 7) is 0.852. The van der Waals surface area contributed by atoms with Gasteiger partial charge >= 0.3 is 0 Å². The number of rotatable bonds is 5. The minimum atomic E-state index is -0.0577. The summed E-state index contributed by atoms with van der Waals surface area (Å²) < 4.78 is 0. The smallest absolute Gasteiger partial charge is 0.122 e. The van der Waals surface area contributed by atoms with E-state index < -0.39 is 0 Å². The number of nitrogens with zero attached hydrogens (tertiary/aromatic N) is 2. The van der Waals surface area contributed by atoms with Crippen molar-refractivity contribution in [3.05, 3.63) is 144 Å². The molecule has 5 aromatic carbocycles. The van der Waals surface area contributed by atoms with Gasteiger partial charge in [-0.05, 0) is 68.8 Å². The van der Waals surface area contributed by atoms with Gasteiger partial charge in [0, 0.05) is 18.2 Å². The van der Waals surface area contributed by atoms with Gasteiger partial charge in [-0.15, -0.1) is 0 Å². The molecule has 0 unspecified atom stereocenters. The fourth-order valence-electron chi connectivity index (χ4n) is 5.72. The van der Waals surface area contributed by atoms with Crippen molar-refractivity contribution in [2.24, 2.45) is 10.2 Å². The zero-order chi connectivity index (χ0) is 23.9. The quantitative estimate of drug-likeness (QED) is 0.260. The van der Waals surface area contributed by atoms with Gasteiger partial charge in [-0.25, -0.2) is 0 Å². The molecule has 0 atom stereocenters. The normalized spacial score (nSPS) is 13.9. The molecule has 5 aromatic rings. The maximum Gasteiger partial charge on any atom is 0.122 e. The summed E-state index contributed by atoms with van der Waals surface area (Å²) >= 11 is 0. The molecule has 3 heteroatoms. The maximum atomic E-state index is 4.77. The first kappa shape index (κ1) is 20.8. The number of anilines is 1. The highest BCUT2D eigenvalue weighted by molar-refractivity contribution is 5.79. The molecule has 0 aromatic heterocycles. The van der Waals surface area contributed by atoms with Crippen LogP contribution in [0.1, 0.15) is 34.2 Å². The standard InChI is InChI=1S/C33H25N3/c1-3-13-28-24(9-1)25-10-2-4-14-29(25)32(28)21-34-22-17-19-23(20-18-22)35-36-33-30-15-7-5-11-26(30)27-12-6-8-16-31(27)33/h1-20,32-34H,21H2. The summed E-state index contributed by atoms with van der Waals surface area (Å²) in [4.78, 5) is 0. The third kappa shape index (κ3) is 3.44. The van der Waals surface area contributed by atoms with Crippen molar-refractivity contribution >= 4 is 11.4 Å². The molecule has 0 amide bonds. The SMILES string of the molecule is c1ccc2c(c1)-c1ccccc1C2CNc1ccc(N=NC2c3ccccc3-c3ccccc32)cc1. The molecular formula is C33H25N3. The minimum absolute atomic E-state index is 0.0577. The van der Waals surface area contributed by atoms with Crippen molar-refractivity contribution in [1.29, 1.82) is 0 Å². The van der Waals surface area contributed by atoms with E-state index in [1.807, 2.05) is 12.1 Å². The van der Waals surface area contributed by atoms with Crippen LogP contribution in [-0.2, 0) is 0 Å². The van der Waals surface area contributed by atoms with Gasteiger partial charge in [0.2, 0.25) is 0 Å². The van der Waals surface area contributed by atoms with Crippen LogP contribution in [0.4, 0.5) is 11.4 Å². The van der Waals surface area contributed by atoms with Crippen LogP contribution in [0.5, 0.6) is 0 Å². The van der Waals surface area contributed by atoms with Crippen LogP contribution in [0.25, 0.3) is 22.3 Å². The lowest BCUT2D eigenvalue weighted by atomic mass is 9.97. The highest BCUT2D eigenvalue weighted by Gasteiger charge is 2.28. The predicted octanol–water partition coefficient (Wildman–Crippen LogP) is 8.76. The molecule has 0 aliphatic heterocycles. The van der Waals surface area contributed by atoms with Crippen LogP contribution < -0.4 is 5.32 Å².